The first-order valence-corrected chi connectivity index (χ1v) is 5.90. The lowest BCUT2D eigenvalue weighted by molar-refractivity contribution is 0.178. The summed E-state index contributed by atoms with van der Waals surface area (Å²) in [6.45, 7) is 5.55. The highest BCUT2D eigenvalue weighted by Crippen LogP contribution is 2.14. The number of hydrogen-bond donors (Lipinski definition) is 1. The zero-order chi connectivity index (χ0) is 12.3. The Kier molecular flexibility index (Phi) is 3.86. The van der Waals surface area contributed by atoms with E-state index in [4.69, 9.17) is 0 Å². The third-order valence-corrected chi connectivity index (χ3v) is 2.96. The average Bonchev–Trinajstić information content (AvgIpc) is 2.35. The third kappa shape index (κ3) is 2.89. The predicted octanol–water partition coefficient (Wildman–Crippen LogP) is 0.752. The van der Waals surface area contributed by atoms with E-state index in [1.807, 2.05) is 11.9 Å². The smallest absolute Gasteiger partial charge is 0.188 e. The molecule has 0 bridgehead atoms. The molecule has 0 aliphatic carbocycles. The predicted molar refractivity (Wildman–Crippen MR) is 64.1 cm³/mol. The normalized spacial score (nSPS) is 18.3. The van der Waals surface area contributed by atoms with Crippen LogP contribution in [0, 0.1) is 5.82 Å². The van der Waals surface area contributed by atoms with E-state index in [1.54, 1.807) is 0 Å². The van der Waals surface area contributed by atoms with Gasteiger partial charge in [-0.3, -0.25) is 0 Å². The van der Waals surface area contributed by atoms with Crippen molar-refractivity contribution >= 4 is 5.82 Å². The number of hydrazine groups is 1. The van der Waals surface area contributed by atoms with Crippen LogP contribution >= 0.6 is 0 Å². The molecule has 6 heteroatoms. The molecule has 0 saturated carbocycles. The molecule has 0 unspecified atom stereocenters. The highest BCUT2D eigenvalue weighted by molar-refractivity contribution is 5.36. The molecule has 0 aromatic carbocycles. The molecule has 2 rings (SSSR count). The van der Waals surface area contributed by atoms with Crippen LogP contribution in [0.25, 0.3) is 0 Å². The van der Waals surface area contributed by atoms with Crippen LogP contribution in [-0.4, -0.2) is 53.1 Å². The zero-order valence-electron chi connectivity index (χ0n) is 10.3. The Labute approximate surface area is 101 Å². The number of likely N-dealkylation sites (N-methyl/N-ethyl adjacent to an activating group) is 1. The molecule has 2 heterocycles. The number of nitrogens with zero attached hydrogens (tertiary/aromatic N) is 4. The quantitative estimate of drug-likeness (QED) is 0.843. The van der Waals surface area contributed by atoms with Gasteiger partial charge in [0.1, 0.15) is 6.33 Å². The van der Waals surface area contributed by atoms with Crippen molar-refractivity contribution < 1.29 is 4.39 Å². The van der Waals surface area contributed by atoms with Crippen molar-refractivity contribution in [2.24, 2.45) is 0 Å². The maximum Gasteiger partial charge on any atom is 0.188 e. The van der Waals surface area contributed by atoms with Crippen molar-refractivity contribution in [1.29, 1.82) is 0 Å². The lowest BCUT2D eigenvalue weighted by Crippen LogP contribution is -2.47. The Morgan fingerprint density at radius 1 is 1.29 bits per heavy atom. The number of rotatable bonds is 3. The van der Waals surface area contributed by atoms with Crippen LogP contribution in [0.3, 0.4) is 0 Å². The Bertz CT molecular complexity index is 376. The summed E-state index contributed by atoms with van der Waals surface area (Å²) in [5.41, 5.74) is 3.48. The van der Waals surface area contributed by atoms with Gasteiger partial charge in [0.2, 0.25) is 0 Å². The van der Waals surface area contributed by atoms with Crippen LogP contribution in [0.2, 0.25) is 0 Å². The molecule has 1 fully saturated rings. The second-order valence-electron chi connectivity index (χ2n) is 4.24. The zero-order valence-corrected chi connectivity index (χ0v) is 10.3. The Balaban J connectivity index is 2.03. The van der Waals surface area contributed by atoms with Crippen LogP contribution in [0.4, 0.5) is 10.2 Å². The van der Waals surface area contributed by atoms with Crippen molar-refractivity contribution in [2.45, 2.75) is 13.3 Å². The van der Waals surface area contributed by atoms with Gasteiger partial charge in [-0.05, 0) is 13.5 Å². The largest absolute Gasteiger partial charge is 0.304 e. The first kappa shape index (κ1) is 12.2. The van der Waals surface area contributed by atoms with Gasteiger partial charge in [-0.25, -0.2) is 19.4 Å². The van der Waals surface area contributed by atoms with Crippen molar-refractivity contribution in [3.8, 4) is 0 Å². The minimum Gasteiger partial charge on any atom is -0.304 e. The lowest BCUT2D eigenvalue weighted by Gasteiger charge is -2.32. The van der Waals surface area contributed by atoms with Gasteiger partial charge in [-0.15, -0.1) is 0 Å². The van der Waals surface area contributed by atoms with Crippen LogP contribution in [0.15, 0.2) is 6.33 Å². The Morgan fingerprint density at radius 2 is 2.00 bits per heavy atom. The molecule has 1 aromatic rings. The van der Waals surface area contributed by atoms with Crippen LogP contribution < -0.4 is 5.43 Å². The van der Waals surface area contributed by atoms with Crippen molar-refractivity contribution in [1.82, 2.24) is 19.9 Å². The molecule has 5 nitrogen and oxygen atoms in total. The van der Waals surface area contributed by atoms with E-state index in [9.17, 15) is 4.39 Å². The fraction of sp³-hybridized carbons (Fsp3) is 0.636. The minimum absolute atomic E-state index is 0.279. The summed E-state index contributed by atoms with van der Waals surface area (Å²) in [6.07, 6.45) is 1.98. The van der Waals surface area contributed by atoms with Gasteiger partial charge in [0.05, 0.1) is 5.69 Å². The maximum absolute atomic E-state index is 13.9. The van der Waals surface area contributed by atoms with Crippen LogP contribution in [0.5, 0.6) is 0 Å². The number of hydrogen-bond acceptors (Lipinski definition) is 5. The molecule has 0 radical (unpaired) electrons. The minimum atomic E-state index is -0.339. The molecular weight excluding hydrogens is 221 g/mol. The van der Waals surface area contributed by atoms with E-state index in [2.05, 4.69) is 27.3 Å². The molecule has 94 valence electrons. The highest BCUT2D eigenvalue weighted by atomic mass is 19.1. The third-order valence-electron chi connectivity index (χ3n) is 2.96. The monoisotopic (exact) mass is 239 g/mol. The molecule has 17 heavy (non-hydrogen) atoms. The molecule has 1 N–H and O–H groups in total. The maximum atomic E-state index is 13.9. The van der Waals surface area contributed by atoms with E-state index < -0.39 is 0 Å². The highest BCUT2D eigenvalue weighted by Gasteiger charge is 2.16. The van der Waals surface area contributed by atoms with Crippen molar-refractivity contribution in [3.63, 3.8) is 0 Å². The van der Waals surface area contributed by atoms with Gasteiger partial charge >= 0.3 is 0 Å². The second-order valence-corrected chi connectivity index (χ2v) is 4.24. The van der Waals surface area contributed by atoms with Gasteiger partial charge < -0.3 is 10.3 Å². The van der Waals surface area contributed by atoms with Crippen LogP contribution in [-0.2, 0) is 6.42 Å². The summed E-state index contributed by atoms with van der Waals surface area (Å²) in [5.74, 6) is -0.0599. The first-order chi connectivity index (χ1) is 8.20. The SMILES string of the molecule is CCc1ncnc(NN2CCN(C)CC2)c1F. The van der Waals surface area contributed by atoms with Gasteiger partial charge in [0.25, 0.3) is 0 Å². The fourth-order valence-corrected chi connectivity index (χ4v) is 1.80. The molecule has 0 spiro atoms. The van der Waals surface area contributed by atoms with E-state index in [-0.39, 0.29) is 11.6 Å². The number of halogens is 1. The number of aryl methyl sites for hydroxylation is 1. The second kappa shape index (κ2) is 5.37. The number of aromatic nitrogens is 2. The summed E-state index contributed by atoms with van der Waals surface area (Å²) in [6, 6.07) is 0. The van der Waals surface area contributed by atoms with E-state index >= 15 is 0 Å². The van der Waals surface area contributed by atoms with Gasteiger partial charge in [0.15, 0.2) is 11.6 Å². The van der Waals surface area contributed by atoms with Gasteiger partial charge in [-0.2, -0.15) is 0 Å². The summed E-state index contributed by atoms with van der Waals surface area (Å²) < 4.78 is 13.9. The fourth-order valence-electron chi connectivity index (χ4n) is 1.80. The van der Waals surface area contributed by atoms with Crippen molar-refractivity contribution in [3.05, 3.63) is 17.8 Å². The van der Waals surface area contributed by atoms with E-state index in [0.717, 1.165) is 26.2 Å². The summed E-state index contributed by atoms with van der Waals surface area (Å²) in [5, 5.41) is 1.99. The first-order valence-electron chi connectivity index (χ1n) is 5.90. The van der Waals surface area contributed by atoms with Crippen LogP contribution in [0.1, 0.15) is 12.6 Å². The molecule has 1 aliphatic heterocycles. The van der Waals surface area contributed by atoms with E-state index in [1.165, 1.54) is 6.33 Å². The van der Waals surface area contributed by atoms with Gasteiger partial charge in [-0.1, -0.05) is 6.92 Å². The van der Waals surface area contributed by atoms with Gasteiger partial charge in [0, 0.05) is 26.2 Å². The molecule has 1 aliphatic rings. The average molecular weight is 239 g/mol. The summed E-state index contributed by atoms with van der Waals surface area (Å²) in [4.78, 5) is 10.1. The van der Waals surface area contributed by atoms with E-state index in [0.29, 0.717) is 12.1 Å². The topological polar surface area (TPSA) is 44.3 Å². The standard InChI is InChI=1S/C11H18FN5/c1-3-9-10(12)11(14-8-13-9)15-17-6-4-16(2)5-7-17/h8H,3-7H2,1-2H3,(H,13,14,15). The Morgan fingerprint density at radius 3 is 2.65 bits per heavy atom. The molecular formula is C11H18FN5. The van der Waals surface area contributed by atoms with Crippen molar-refractivity contribution in [2.75, 3.05) is 38.7 Å². The molecule has 1 saturated heterocycles. The summed E-state index contributed by atoms with van der Waals surface area (Å²) in [7, 11) is 2.08. The lowest BCUT2D eigenvalue weighted by atomic mass is 10.3. The molecule has 0 amide bonds. The Hall–Kier alpha value is -1.27. The molecule has 1 aromatic heterocycles. The number of piperazine rings is 1. The molecule has 0 atom stereocenters. The number of anilines is 1. The number of nitrogens with one attached hydrogen (secondary N) is 1. The summed E-state index contributed by atoms with van der Waals surface area (Å²) >= 11 is 0.